The molecule has 0 spiro atoms. The topological polar surface area (TPSA) is 74.6 Å². The number of nitrogens with one attached hydrogen (secondary N) is 2. The van der Waals surface area contributed by atoms with Crippen molar-refractivity contribution in [3.8, 4) is 0 Å². The lowest BCUT2D eigenvalue weighted by Crippen LogP contribution is -2.55. The smallest absolute Gasteiger partial charge is 0.287 e. The average Bonchev–Trinajstić information content (AvgIpc) is 3.08. The van der Waals surface area contributed by atoms with Gasteiger partial charge >= 0.3 is 0 Å². The molecular formula is C17H27N3O3. The summed E-state index contributed by atoms with van der Waals surface area (Å²) >= 11 is 0. The molecule has 1 atom stereocenters. The highest BCUT2D eigenvalue weighted by atomic mass is 16.3. The average molecular weight is 321 g/mol. The lowest BCUT2D eigenvalue weighted by molar-refractivity contribution is -0.123. The van der Waals surface area contributed by atoms with Gasteiger partial charge in [-0.3, -0.25) is 14.5 Å². The highest BCUT2D eigenvalue weighted by Crippen LogP contribution is 2.19. The van der Waals surface area contributed by atoms with Crippen LogP contribution in [0.2, 0.25) is 0 Å². The normalized spacial score (nSPS) is 17.5. The van der Waals surface area contributed by atoms with Crippen LogP contribution in [0.1, 0.15) is 50.6 Å². The van der Waals surface area contributed by atoms with Crippen molar-refractivity contribution in [3.05, 3.63) is 24.2 Å². The van der Waals surface area contributed by atoms with Gasteiger partial charge in [-0.25, -0.2) is 0 Å². The van der Waals surface area contributed by atoms with Crippen LogP contribution < -0.4 is 10.6 Å². The van der Waals surface area contributed by atoms with Crippen LogP contribution >= 0.6 is 0 Å². The summed E-state index contributed by atoms with van der Waals surface area (Å²) in [7, 11) is 0. The molecular weight excluding hydrogens is 294 g/mol. The van der Waals surface area contributed by atoms with Crippen LogP contribution in [0.5, 0.6) is 0 Å². The number of carbonyl (C=O) groups excluding carboxylic acids is 2. The number of rotatable bonds is 6. The van der Waals surface area contributed by atoms with E-state index in [0.717, 1.165) is 13.1 Å². The van der Waals surface area contributed by atoms with Crippen molar-refractivity contribution >= 4 is 11.8 Å². The van der Waals surface area contributed by atoms with Crippen molar-refractivity contribution in [2.45, 2.75) is 51.6 Å². The SMILES string of the molecule is C[C@@H](NC(=O)c1ccco1)C(=O)NCC(C)(C)N1CCCCC1. The zero-order chi connectivity index (χ0) is 16.9. The molecule has 0 saturated carbocycles. The zero-order valence-corrected chi connectivity index (χ0v) is 14.2. The molecule has 1 saturated heterocycles. The van der Waals surface area contributed by atoms with E-state index in [1.807, 2.05) is 0 Å². The van der Waals surface area contributed by atoms with E-state index in [0.29, 0.717) is 6.54 Å². The van der Waals surface area contributed by atoms with Gasteiger partial charge in [-0.2, -0.15) is 0 Å². The maximum absolute atomic E-state index is 12.2. The number of nitrogens with zero attached hydrogens (tertiary/aromatic N) is 1. The second kappa shape index (κ2) is 7.64. The summed E-state index contributed by atoms with van der Waals surface area (Å²) < 4.78 is 5.02. The predicted octanol–water partition coefficient (Wildman–Crippen LogP) is 1.78. The maximum Gasteiger partial charge on any atom is 0.287 e. The standard InChI is InChI=1S/C17H27N3O3/c1-13(19-16(22)14-8-7-11-23-14)15(21)18-12-17(2,3)20-9-5-4-6-10-20/h7-8,11,13H,4-6,9-10,12H2,1-3H3,(H,18,21)(H,19,22)/t13-/m1/s1. The number of amides is 2. The van der Waals surface area contributed by atoms with E-state index in [9.17, 15) is 9.59 Å². The number of carbonyl (C=O) groups is 2. The molecule has 1 aromatic rings. The highest BCUT2D eigenvalue weighted by molar-refractivity contribution is 5.95. The molecule has 6 nitrogen and oxygen atoms in total. The minimum Gasteiger partial charge on any atom is -0.459 e. The van der Waals surface area contributed by atoms with Crippen molar-refractivity contribution in [2.24, 2.45) is 0 Å². The fourth-order valence-electron chi connectivity index (χ4n) is 2.81. The quantitative estimate of drug-likeness (QED) is 0.837. The van der Waals surface area contributed by atoms with E-state index < -0.39 is 6.04 Å². The molecule has 2 heterocycles. The van der Waals surface area contributed by atoms with Gasteiger partial charge in [0.25, 0.3) is 5.91 Å². The Morgan fingerprint density at radius 1 is 1.30 bits per heavy atom. The molecule has 2 amide bonds. The Hall–Kier alpha value is -1.82. The van der Waals surface area contributed by atoms with Crippen molar-refractivity contribution in [2.75, 3.05) is 19.6 Å². The van der Waals surface area contributed by atoms with E-state index in [4.69, 9.17) is 4.42 Å². The predicted molar refractivity (Wildman–Crippen MR) is 88.1 cm³/mol. The largest absolute Gasteiger partial charge is 0.459 e. The van der Waals surface area contributed by atoms with Crippen LogP contribution in [0, 0.1) is 0 Å². The van der Waals surface area contributed by atoms with Gasteiger partial charge in [0.05, 0.1) is 6.26 Å². The first-order valence-corrected chi connectivity index (χ1v) is 8.27. The van der Waals surface area contributed by atoms with Gasteiger partial charge in [0, 0.05) is 12.1 Å². The molecule has 128 valence electrons. The molecule has 6 heteroatoms. The number of likely N-dealkylation sites (tertiary alicyclic amines) is 1. The lowest BCUT2D eigenvalue weighted by Gasteiger charge is -2.41. The molecule has 0 radical (unpaired) electrons. The Kier molecular flexibility index (Phi) is 5.82. The van der Waals surface area contributed by atoms with Crippen LogP contribution in [0.15, 0.2) is 22.8 Å². The maximum atomic E-state index is 12.2. The van der Waals surface area contributed by atoms with E-state index >= 15 is 0 Å². The molecule has 0 unspecified atom stereocenters. The first-order valence-electron chi connectivity index (χ1n) is 8.27. The summed E-state index contributed by atoms with van der Waals surface area (Å²) in [6, 6.07) is 2.60. The molecule has 1 aromatic heterocycles. The van der Waals surface area contributed by atoms with E-state index in [-0.39, 0.29) is 23.1 Å². The molecule has 1 aliphatic heterocycles. The Morgan fingerprint density at radius 2 is 2.00 bits per heavy atom. The Morgan fingerprint density at radius 3 is 2.61 bits per heavy atom. The van der Waals surface area contributed by atoms with Crippen molar-refractivity contribution in [3.63, 3.8) is 0 Å². The second-order valence-electron chi connectivity index (χ2n) is 6.75. The van der Waals surface area contributed by atoms with Gasteiger partial charge in [0.15, 0.2) is 5.76 Å². The van der Waals surface area contributed by atoms with E-state index in [1.54, 1.807) is 19.1 Å². The van der Waals surface area contributed by atoms with Crippen LogP contribution in [0.3, 0.4) is 0 Å². The summed E-state index contributed by atoms with van der Waals surface area (Å²) in [5.74, 6) is -0.360. The number of hydrogen-bond acceptors (Lipinski definition) is 4. The Bertz CT molecular complexity index is 519. The second-order valence-corrected chi connectivity index (χ2v) is 6.75. The van der Waals surface area contributed by atoms with Gasteiger partial charge in [-0.05, 0) is 58.8 Å². The highest BCUT2D eigenvalue weighted by Gasteiger charge is 2.29. The first kappa shape index (κ1) is 17.5. The van der Waals surface area contributed by atoms with Gasteiger partial charge < -0.3 is 15.1 Å². The van der Waals surface area contributed by atoms with Gasteiger partial charge in [-0.1, -0.05) is 6.42 Å². The third-order valence-electron chi connectivity index (χ3n) is 4.39. The van der Waals surface area contributed by atoms with Crippen LogP contribution in [0.4, 0.5) is 0 Å². The van der Waals surface area contributed by atoms with Crippen molar-refractivity contribution in [1.82, 2.24) is 15.5 Å². The number of furan rings is 1. The summed E-state index contributed by atoms with van der Waals surface area (Å²) in [6.45, 7) is 8.67. The fourth-order valence-corrected chi connectivity index (χ4v) is 2.81. The minimum absolute atomic E-state index is 0.0825. The van der Waals surface area contributed by atoms with Gasteiger partial charge in [-0.15, -0.1) is 0 Å². The lowest BCUT2D eigenvalue weighted by atomic mass is 9.98. The molecule has 1 aliphatic rings. The summed E-state index contributed by atoms with van der Waals surface area (Å²) in [4.78, 5) is 26.5. The molecule has 23 heavy (non-hydrogen) atoms. The third kappa shape index (κ3) is 4.82. The van der Waals surface area contributed by atoms with Crippen molar-refractivity contribution in [1.29, 1.82) is 0 Å². The molecule has 2 N–H and O–H groups in total. The number of hydrogen-bond donors (Lipinski definition) is 2. The summed E-state index contributed by atoms with van der Waals surface area (Å²) in [5.41, 5.74) is -0.0825. The van der Waals surface area contributed by atoms with Gasteiger partial charge in [0.2, 0.25) is 5.91 Å². The Labute approximate surface area is 137 Å². The molecule has 1 fully saturated rings. The van der Waals surface area contributed by atoms with Gasteiger partial charge in [0.1, 0.15) is 6.04 Å². The van der Waals surface area contributed by atoms with E-state index in [1.165, 1.54) is 25.5 Å². The Balaban J connectivity index is 1.80. The molecule has 2 rings (SSSR count). The molecule has 0 bridgehead atoms. The van der Waals surface area contributed by atoms with Crippen molar-refractivity contribution < 1.29 is 14.0 Å². The zero-order valence-electron chi connectivity index (χ0n) is 14.2. The fraction of sp³-hybridized carbons (Fsp3) is 0.647. The van der Waals surface area contributed by atoms with Crippen LogP contribution in [-0.4, -0.2) is 47.9 Å². The third-order valence-corrected chi connectivity index (χ3v) is 4.39. The minimum atomic E-state index is -0.607. The summed E-state index contributed by atoms with van der Waals surface area (Å²) in [5, 5.41) is 5.58. The van der Waals surface area contributed by atoms with E-state index in [2.05, 4.69) is 29.4 Å². The molecule has 0 aliphatic carbocycles. The summed E-state index contributed by atoms with van der Waals surface area (Å²) in [6.07, 6.45) is 5.15. The van der Waals surface area contributed by atoms with Crippen LogP contribution in [-0.2, 0) is 4.79 Å². The molecule has 0 aromatic carbocycles. The monoisotopic (exact) mass is 321 g/mol. The van der Waals surface area contributed by atoms with Crippen LogP contribution in [0.25, 0.3) is 0 Å². The number of piperidine rings is 1. The first-order chi connectivity index (χ1) is 10.9.